The van der Waals surface area contributed by atoms with Crippen LogP contribution in [-0.4, -0.2) is 51.9 Å². The van der Waals surface area contributed by atoms with E-state index < -0.39 is 6.10 Å². The second kappa shape index (κ2) is 9.95. The highest BCUT2D eigenvalue weighted by Crippen LogP contribution is 2.35. The molecule has 38 heavy (non-hydrogen) atoms. The van der Waals surface area contributed by atoms with Crippen molar-refractivity contribution in [3.8, 4) is 0 Å². The van der Waals surface area contributed by atoms with Gasteiger partial charge in [0.1, 0.15) is 0 Å². The molecule has 0 saturated carbocycles. The molecule has 0 bridgehead atoms. The summed E-state index contributed by atoms with van der Waals surface area (Å²) in [4.78, 5) is 44.0. The van der Waals surface area contributed by atoms with E-state index in [-0.39, 0.29) is 23.8 Å². The Balaban J connectivity index is 1.41. The van der Waals surface area contributed by atoms with Crippen LogP contribution in [0.2, 0.25) is 0 Å². The summed E-state index contributed by atoms with van der Waals surface area (Å²) < 4.78 is 0. The highest BCUT2D eigenvalue weighted by atomic mass is 16.3. The molecular formula is C30H32N4O4. The highest BCUT2D eigenvalue weighted by Gasteiger charge is 2.30. The molecule has 1 saturated heterocycles. The fraction of sp³-hybridized carbons (Fsp3) is 0.300. The zero-order chi connectivity index (χ0) is 27.1. The average Bonchev–Trinajstić information content (AvgIpc) is 3.54. The van der Waals surface area contributed by atoms with Gasteiger partial charge in [-0.3, -0.25) is 14.4 Å². The topological polar surface area (TPSA) is 115 Å². The largest absolute Gasteiger partial charge is 0.391 e. The minimum absolute atomic E-state index is 0.129. The minimum atomic E-state index is -0.495. The predicted octanol–water partition coefficient (Wildman–Crippen LogP) is 4.13. The van der Waals surface area contributed by atoms with Crippen molar-refractivity contribution in [1.82, 2.24) is 15.2 Å². The molecule has 2 aromatic carbocycles. The van der Waals surface area contributed by atoms with Crippen LogP contribution in [0.15, 0.2) is 42.5 Å². The molecule has 3 heterocycles. The first-order valence-electron chi connectivity index (χ1n) is 12.8. The number of likely N-dealkylation sites (tertiary alicyclic amines) is 1. The van der Waals surface area contributed by atoms with Crippen LogP contribution < -0.4 is 10.6 Å². The Bertz CT molecular complexity index is 1470. The molecule has 196 valence electrons. The van der Waals surface area contributed by atoms with Crippen molar-refractivity contribution in [3.63, 3.8) is 0 Å². The number of hydrogen-bond donors (Lipinski definition) is 4. The number of amides is 3. The summed E-state index contributed by atoms with van der Waals surface area (Å²) in [5, 5.41) is 15.7. The number of aliphatic hydroxyl groups excluding tert-OH is 1. The lowest BCUT2D eigenvalue weighted by molar-refractivity contribution is -0.110. The van der Waals surface area contributed by atoms with Gasteiger partial charge in [0.25, 0.3) is 17.7 Å². The zero-order valence-corrected chi connectivity index (χ0v) is 22.0. The molecule has 0 radical (unpaired) electrons. The number of β-amino-alcohol motifs (C(OH)–C–C–N with tert-alkyl or cyclic N) is 1. The number of anilines is 1. The number of aliphatic hydroxyl groups is 1. The van der Waals surface area contributed by atoms with E-state index in [1.54, 1.807) is 29.2 Å². The molecule has 4 N–H and O–H groups in total. The van der Waals surface area contributed by atoms with Crippen molar-refractivity contribution in [3.05, 3.63) is 87.2 Å². The van der Waals surface area contributed by atoms with Crippen molar-refractivity contribution in [1.29, 1.82) is 0 Å². The molecule has 8 nitrogen and oxygen atoms in total. The smallest absolute Gasteiger partial charge is 0.256 e. The predicted molar refractivity (Wildman–Crippen MR) is 147 cm³/mol. The van der Waals surface area contributed by atoms with Crippen molar-refractivity contribution >= 4 is 35.1 Å². The molecule has 3 aromatic rings. The maximum absolute atomic E-state index is 13.1. The summed E-state index contributed by atoms with van der Waals surface area (Å²) in [6.07, 6.45) is 1.81. The maximum atomic E-state index is 13.1. The van der Waals surface area contributed by atoms with Crippen molar-refractivity contribution in [2.75, 3.05) is 18.4 Å². The van der Waals surface area contributed by atoms with Crippen LogP contribution >= 0.6 is 0 Å². The first kappa shape index (κ1) is 25.5. The number of H-pyrrole nitrogens is 1. The molecule has 2 atom stereocenters. The van der Waals surface area contributed by atoms with Gasteiger partial charge in [-0.2, -0.15) is 0 Å². The number of nitrogens with zero attached hydrogens (tertiary/aromatic N) is 1. The Morgan fingerprint density at radius 3 is 2.55 bits per heavy atom. The van der Waals surface area contributed by atoms with Gasteiger partial charge in [-0.15, -0.1) is 0 Å². The first-order valence-corrected chi connectivity index (χ1v) is 12.8. The Labute approximate surface area is 221 Å². The number of benzene rings is 2. The van der Waals surface area contributed by atoms with Gasteiger partial charge in [0.2, 0.25) is 0 Å². The van der Waals surface area contributed by atoms with Gasteiger partial charge in [-0.1, -0.05) is 29.8 Å². The Hall–Kier alpha value is -4.17. The zero-order valence-electron chi connectivity index (χ0n) is 22.0. The van der Waals surface area contributed by atoms with Crippen LogP contribution in [0.3, 0.4) is 0 Å². The van der Waals surface area contributed by atoms with Crippen LogP contribution in [0.4, 0.5) is 5.69 Å². The first-order chi connectivity index (χ1) is 18.1. The van der Waals surface area contributed by atoms with E-state index in [1.807, 2.05) is 52.0 Å². The number of rotatable bonds is 5. The quantitative estimate of drug-likeness (QED) is 0.385. The van der Waals surface area contributed by atoms with E-state index in [9.17, 15) is 19.5 Å². The fourth-order valence-electron chi connectivity index (χ4n) is 5.16. The number of carbonyl (C=O) groups is 3. The van der Waals surface area contributed by atoms with E-state index in [2.05, 4.69) is 15.6 Å². The number of aryl methyl sites for hydroxylation is 2. The second-order valence-corrected chi connectivity index (χ2v) is 10.2. The number of fused-ring (bicyclic) bond motifs is 1. The molecule has 0 aliphatic carbocycles. The van der Waals surface area contributed by atoms with E-state index in [4.69, 9.17) is 0 Å². The molecule has 2 aliphatic heterocycles. The molecule has 1 aromatic heterocycles. The number of hydrogen-bond acceptors (Lipinski definition) is 4. The molecule has 2 aliphatic rings. The minimum Gasteiger partial charge on any atom is -0.391 e. The number of aromatic nitrogens is 1. The molecule has 0 unspecified atom stereocenters. The summed E-state index contributed by atoms with van der Waals surface area (Å²) in [5.74, 6) is -0.629. The average molecular weight is 513 g/mol. The monoisotopic (exact) mass is 512 g/mol. The van der Waals surface area contributed by atoms with E-state index in [0.717, 1.165) is 16.7 Å². The standard InChI is InChI=1S/C30H32N4O4/c1-16-5-7-20(8-6-16)18(3)32-28(36)21-9-10-25-23(13-21)24(29(37)33-25)14-26-17(2)27(19(4)31-26)30(38)34-12-11-22(35)15-34/h5-10,13-14,18,22,31,35H,11-12,15H2,1-4H3,(H,32,36)(H,33,37)/t18-,22-/m1/s1. The van der Waals surface area contributed by atoms with Crippen LogP contribution in [0.1, 0.15) is 73.7 Å². The van der Waals surface area contributed by atoms with Gasteiger partial charge in [-0.05, 0) is 69.5 Å². The summed E-state index contributed by atoms with van der Waals surface area (Å²) >= 11 is 0. The second-order valence-electron chi connectivity index (χ2n) is 10.2. The Kier molecular flexibility index (Phi) is 6.67. The molecule has 5 rings (SSSR count). The molecular weight excluding hydrogens is 480 g/mol. The molecule has 8 heteroatoms. The van der Waals surface area contributed by atoms with Gasteiger partial charge in [0, 0.05) is 41.3 Å². The molecule has 0 spiro atoms. The third-order valence-electron chi connectivity index (χ3n) is 7.42. The van der Waals surface area contributed by atoms with Gasteiger partial charge >= 0.3 is 0 Å². The van der Waals surface area contributed by atoms with Crippen LogP contribution in [0, 0.1) is 20.8 Å². The Morgan fingerprint density at radius 1 is 1.13 bits per heavy atom. The van der Waals surface area contributed by atoms with Crippen LogP contribution in [-0.2, 0) is 4.79 Å². The molecule has 3 amide bonds. The fourth-order valence-corrected chi connectivity index (χ4v) is 5.16. The number of aromatic amines is 1. The number of carbonyl (C=O) groups excluding carboxylic acids is 3. The van der Waals surface area contributed by atoms with Crippen LogP contribution in [0.25, 0.3) is 11.6 Å². The third-order valence-corrected chi connectivity index (χ3v) is 7.42. The number of nitrogens with one attached hydrogen (secondary N) is 3. The SMILES string of the molecule is Cc1ccc([C@@H](C)NC(=O)c2ccc3c(c2)C(=Cc2[nH]c(C)c(C(=O)N4CC[C@@H](O)C4)c2C)C(=O)N3)cc1. The van der Waals surface area contributed by atoms with Crippen molar-refractivity contribution < 1.29 is 19.5 Å². The van der Waals surface area contributed by atoms with Crippen LogP contribution in [0.5, 0.6) is 0 Å². The summed E-state index contributed by atoms with van der Waals surface area (Å²) in [6, 6.07) is 13.0. The van der Waals surface area contributed by atoms with E-state index >= 15 is 0 Å². The van der Waals surface area contributed by atoms with Gasteiger partial charge in [0.05, 0.1) is 23.3 Å². The normalized spacial score (nSPS) is 18.4. The summed E-state index contributed by atoms with van der Waals surface area (Å²) in [6.45, 7) is 8.47. The lowest BCUT2D eigenvalue weighted by atomic mass is 10.0. The third kappa shape index (κ3) is 4.75. The maximum Gasteiger partial charge on any atom is 0.256 e. The van der Waals surface area contributed by atoms with Gasteiger partial charge in [-0.25, -0.2) is 0 Å². The lowest BCUT2D eigenvalue weighted by Crippen LogP contribution is -2.30. The Morgan fingerprint density at radius 2 is 1.87 bits per heavy atom. The van der Waals surface area contributed by atoms with E-state index in [0.29, 0.717) is 58.8 Å². The van der Waals surface area contributed by atoms with E-state index in [1.165, 1.54) is 0 Å². The van der Waals surface area contributed by atoms with Gasteiger partial charge < -0.3 is 25.6 Å². The van der Waals surface area contributed by atoms with Crippen molar-refractivity contribution in [2.24, 2.45) is 0 Å². The van der Waals surface area contributed by atoms with Crippen molar-refractivity contribution in [2.45, 2.75) is 46.3 Å². The summed E-state index contributed by atoms with van der Waals surface area (Å²) in [7, 11) is 0. The lowest BCUT2D eigenvalue weighted by Gasteiger charge is -2.16. The highest BCUT2D eigenvalue weighted by molar-refractivity contribution is 6.35. The van der Waals surface area contributed by atoms with Gasteiger partial charge in [0.15, 0.2) is 0 Å². The summed E-state index contributed by atoms with van der Waals surface area (Å²) in [5.41, 5.74) is 6.96. The molecule has 1 fully saturated rings.